The highest BCUT2D eigenvalue weighted by Gasteiger charge is 2.10. The van der Waals surface area contributed by atoms with E-state index in [1.54, 1.807) is 12.1 Å². The highest BCUT2D eigenvalue weighted by Crippen LogP contribution is 2.21. The normalized spacial score (nSPS) is 10.1. The summed E-state index contributed by atoms with van der Waals surface area (Å²) in [6.07, 6.45) is 0. The van der Waals surface area contributed by atoms with E-state index in [-0.39, 0.29) is 29.5 Å². The largest absolute Gasteiger partial charge is 0.484 e. The fraction of sp³-hybridized carbons (Fsp3) is 0.118. The summed E-state index contributed by atoms with van der Waals surface area (Å²) in [6, 6.07) is 9.83. The van der Waals surface area contributed by atoms with Gasteiger partial charge in [-0.3, -0.25) is 14.4 Å². The van der Waals surface area contributed by atoms with Crippen LogP contribution in [-0.2, 0) is 9.59 Å². The SMILES string of the molecule is NC(=O)CNC(=O)c1cccc(NC(=O)COc2ccc(F)c(Cl)c2)c1. The molecule has 0 aliphatic rings. The summed E-state index contributed by atoms with van der Waals surface area (Å²) in [7, 11) is 0. The molecule has 0 aliphatic carbocycles. The number of nitrogens with two attached hydrogens (primary N) is 1. The van der Waals surface area contributed by atoms with Crippen molar-refractivity contribution in [1.29, 1.82) is 0 Å². The molecule has 0 saturated heterocycles. The number of anilines is 1. The Labute approximate surface area is 153 Å². The Morgan fingerprint density at radius 2 is 1.92 bits per heavy atom. The molecule has 0 aromatic heterocycles. The summed E-state index contributed by atoms with van der Waals surface area (Å²) in [4.78, 5) is 34.5. The molecular weight excluding hydrogens is 365 g/mol. The molecule has 0 atom stereocenters. The van der Waals surface area contributed by atoms with E-state index in [1.807, 2.05) is 0 Å². The molecule has 2 aromatic rings. The van der Waals surface area contributed by atoms with Crippen molar-refractivity contribution in [2.75, 3.05) is 18.5 Å². The molecule has 26 heavy (non-hydrogen) atoms. The number of hydrogen-bond donors (Lipinski definition) is 3. The smallest absolute Gasteiger partial charge is 0.262 e. The van der Waals surface area contributed by atoms with Gasteiger partial charge in [-0.2, -0.15) is 0 Å². The van der Waals surface area contributed by atoms with Crippen LogP contribution in [0.15, 0.2) is 42.5 Å². The van der Waals surface area contributed by atoms with Crippen LogP contribution in [0.4, 0.5) is 10.1 Å². The fourth-order valence-corrected chi connectivity index (χ4v) is 2.09. The van der Waals surface area contributed by atoms with Gasteiger partial charge in [0.1, 0.15) is 11.6 Å². The molecule has 136 valence electrons. The van der Waals surface area contributed by atoms with Crippen molar-refractivity contribution in [3.05, 3.63) is 58.9 Å². The summed E-state index contributed by atoms with van der Waals surface area (Å²) in [6.45, 7) is -0.621. The average molecular weight is 380 g/mol. The van der Waals surface area contributed by atoms with E-state index >= 15 is 0 Å². The Balaban J connectivity index is 1.92. The zero-order valence-electron chi connectivity index (χ0n) is 13.4. The van der Waals surface area contributed by atoms with Crippen LogP contribution in [0.5, 0.6) is 5.75 Å². The Bertz CT molecular complexity index is 845. The van der Waals surface area contributed by atoms with E-state index in [1.165, 1.54) is 24.3 Å². The van der Waals surface area contributed by atoms with Crippen LogP contribution in [-0.4, -0.2) is 30.9 Å². The van der Waals surface area contributed by atoms with Gasteiger partial charge in [0.05, 0.1) is 11.6 Å². The lowest BCUT2D eigenvalue weighted by atomic mass is 10.2. The lowest BCUT2D eigenvalue weighted by Gasteiger charge is -2.09. The molecule has 0 saturated carbocycles. The predicted molar refractivity (Wildman–Crippen MR) is 93.5 cm³/mol. The van der Waals surface area contributed by atoms with Crippen LogP contribution in [0.25, 0.3) is 0 Å². The number of nitrogens with one attached hydrogen (secondary N) is 2. The molecule has 2 aromatic carbocycles. The van der Waals surface area contributed by atoms with Gasteiger partial charge in [-0.05, 0) is 30.3 Å². The minimum atomic E-state index is -0.666. The van der Waals surface area contributed by atoms with Crippen LogP contribution in [0.3, 0.4) is 0 Å². The van der Waals surface area contributed by atoms with E-state index in [9.17, 15) is 18.8 Å². The fourth-order valence-electron chi connectivity index (χ4n) is 1.92. The monoisotopic (exact) mass is 379 g/mol. The molecule has 4 N–H and O–H groups in total. The van der Waals surface area contributed by atoms with Crippen molar-refractivity contribution in [1.82, 2.24) is 5.32 Å². The van der Waals surface area contributed by atoms with Gasteiger partial charge in [0.15, 0.2) is 6.61 Å². The van der Waals surface area contributed by atoms with Crippen LogP contribution in [0, 0.1) is 5.82 Å². The van der Waals surface area contributed by atoms with E-state index in [0.717, 1.165) is 6.07 Å². The molecule has 0 radical (unpaired) electrons. The number of hydrogen-bond acceptors (Lipinski definition) is 4. The molecule has 0 spiro atoms. The Morgan fingerprint density at radius 3 is 2.62 bits per heavy atom. The van der Waals surface area contributed by atoms with E-state index < -0.39 is 23.5 Å². The Kier molecular flexibility index (Phi) is 6.51. The summed E-state index contributed by atoms with van der Waals surface area (Å²) in [5, 5.41) is 4.78. The second kappa shape index (κ2) is 8.82. The van der Waals surface area contributed by atoms with E-state index in [0.29, 0.717) is 5.69 Å². The topological polar surface area (TPSA) is 111 Å². The van der Waals surface area contributed by atoms with E-state index in [4.69, 9.17) is 22.1 Å². The molecule has 9 heteroatoms. The number of carbonyl (C=O) groups excluding carboxylic acids is 3. The Hall–Kier alpha value is -3.13. The molecule has 3 amide bonds. The van der Waals surface area contributed by atoms with Crippen LogP contribution in [0.2, 0.25) is 5.02 Å². The van der Waals surface area contributed by atoms with Gasteiger partial charge in [-0.1, -0.05) is 17.7 Å². The van der Waals surface area contributed by atoms with Crippen molar-refractivity contribution in [2.45, 2.75) is 0 Å². The number of rotatable bonds is 7. The second-order valence-electron chi connectivity index (χ2n) is 5.14. The molecule has 7 nitrogen and oxygen atoms in total. The molecule has 0 aliphatic heterocycles. The average Bonchev–Trinajstić information content (AvgIpc) is 2.61. The van der Waals surface area contributed by atoms with Crippen molar-refractivity contribution >= 4 is 35.0 Å². The standard InChI is InChI=1S/C17H15ClFN3O4/c18-13-7-12(4-5-14(13)19)26-9-16(24)22-11-3-1-2-10(6-11)17(25)21-8-15(20)23/h1-7H,8-9H2,(H2,20,23)(H,21,25)(H,22,24). The van der Waals surface area contributed by atoms with Gasteiger partial charge >= 0.3 is 0 Å². The number of halogens is 2. The maximum absolute atomic E-state index is 13.1. The molecule has 0 unspecified atom stereocenters. The summed E-state index contributed by atoms with van der Waals surface area (Å²) in [5.41, 5.74) is 5.57. The third-order valence-electron chi connectivity index (χ3n) is 3.09. The highest BCUT2D eigenvalue weighted by molar-refractivity contribution is 6.30. The maximum atomic E-state index is 13.1. The van der Waals surface area contributed by atoms with Crippen molar-refractivity contribution in [3.8, 4) is 5.75 Å². The van der Waals surface area contributed by atoms with Gasteiger partial charge in [0.2, 0.25) is 5.91 Å². The number of amides is 3. The van der Waals surface area contributed by atoms with Crippen molar-refractivity contribution in [3.63, 3.8) is 0 Å². The summed E-state index contributed by atoms with van der Waals surface area (Å²) in [5.74, 6) is -2.00. The number of benzene rings is 2. The summed E-state index contributed by atoms with van der Waals surface area (Å²) < 4.78 is 18.3. The third-order valence-corrected chi connectivity index (χ3v) is 3.38. The van der Waals surface area contributed by atoms with Gasteiger partial charge in [0, 0.05) is 17.3 Å². The minimum Gasteiger partial charge on any atom is -0.484 e. The first-order valence-electron chi connectivity index (χ1n) is 7.39. The molecule has 0 fully saturated rings. The third kappa shape index (κ3) is 5.75. The predicted octanol–water partition coefficient (Wildman–Crippen LogP) is 1.71. The van der Waals surface area contributed by atoms with Gasteiger partial charge in [-0.25, -0.2) is 4.39 Å². The lowest BCUT2D eigenvalue weighted by molar-refractivity contribution is -0.118. The first kappa shape index (κ1) is 19.2. The zero-order valence-corrected chi connectivity index (χ0v) is 14.2. The van der Waals surface area contributed by atoms with Crippen LogP contribution in [0.1, 0.15) is 10.4 Å². The molecule has 0 bridgehead atoms. The number of primary amides is 1. The molecule has 0 heterocycles. The van der Waals surface area contributed by atoms with Crippen molar-refractivity contribution in [2.24, 2.45) is 5.73 Å². The zero-order chi connectivity index (χ0) is 19.1. The number of carbonyl (C=O) groups is 3. The Morgan fingerprint density at radius 1 is 1.15 bits per heavy atom. The minimum absolute atomic E-state index is 0.113. The molecular formula is C17H15ClFN3O4. The first-order valence-corrected chi connectivity index (χ1v) is 7.77. The second-order valence-corrected chi connectivity index (χ2v) is 5.55. The highest BCUT2D eigenvalue weighted by atomic mass is 35.5. The van der Waals surface area contributed by atoms with Gasteiger partial charge in [-0.15, -0.1) is 0 Å². The van der Waals surface area contributed by atoms with Crippen molar-refractivity contribution < 1.29 is 23.5 Å². The van der Waals surface area contributed by atoms with Crippen LogP contribution >= 0.6 is 11.6 Å². The quantitative estimate of drug-likeness (QED) is 0.680. The summed E-state index contributed by atoms with van der Waals surface area (Å²) >= 11 is 5.63. The maximum Gasteiger partial charge on any atom is 0.262 e. The number of ether oxygens (including phenoxy) is 1. The van der Waals surface area contributed by atoms with E-state index in [2.05, 4.69) is 10.6 Å². The first-order chi connectivity index (χ1) is 12.3. The van der Waals surface area contributed by atoms with Gasteiger partial charge < -0.3 is 21.1 Å². The van der Waals surface area contributed by atoms with Gasteiger partial charge in [0.25, 0.3) is 11.8 Å². The van der Waals surface area contributed by atoms with Crippen LogP contribution < -0.4 is 21.1 Å². The molecule has 2 rings (SSSR count). The lowest BCUT2D eigenvalue weighted by Crippen LogP contribution is -2.33.